The quantitative estimate of drug-likeness (QED) is 0.695. The lowest BCUT2D eigenvalue weighted by atomic mass is 10.2. The van der Waals surface area contributed by atoms with Crippen molar-refractivity contribution in [3.8, 4) is 5.69 Å². The van der Waals surface area contributed by atoms with E-state index in [0.717, 1.165) is 31.7 Å². The van der Waals surface area contributed by atoms with Crippen LogP contribution >= 0.6 is 0 Å². The maximum absolute atomic E-state index is 6.05. The first-order valence-corrected chi connectivity index (χ1v) is 8.67. The molecule has 0 bridgehead atoms. The van der Waals surface area contributed by atoms with Gasteiger partial charge in [-0.15, -0.1) is 0 Å². The van der Waals surface area contributed by atoms with Crippen LogP contribution in [0.1, 0.15) is 17.5 Å². The number of aromatic nitrogens is 3. The van der Waals surface area contributed by atoms with Crippen LogP contribution in [0.15, 0.2) is 67.5 Å². The van der Waals surface area contributed by atoms with Crippen LogP contribution < -0.4 is 0 Å². The Bertz CT molecular complexity index is 771. The number of hydrogen-bond acceptors (Lipinski definition) is 4. The fourth-order valence-electron chi connectivity index (χ4n) is 3.21. The average molecular weight is 334 g/mol. The highest BCUT2D eigenvalue weighted by molar-refractivity contribution is 5.34. The van der Waals surface area contributed by atoms with Gasteiger partial charge in [0.1, 0.15) is 0 Å². The van der Waals surface area contributed by atoms with Gasteiger partial charge >= 0.3 is 0 Å². The first kappa shape index (κ1) is 16.0. The summed E-state index contributed by atoms with van der Waals surface area (Å²) in [6.45, 7) is 3.72. The van der Waals surface area contributed by atoms with Crippen molar-refractivity contribution >= 4 is 0 Å². The molecule has 1 saturated heterocycles. The molecule has 0 N–H and O–H groups in total. The van der Waals surface area contributed by atoms with Crippen LogP contribution in [0.3, 0.4) is 0 Å². The lowest BCUT2D eigenvalue weighted by Crippen LogP contribution is -2.23. The molecule has 128 valence electrons. The summed E-state index contributed by atoms with van der Waals surface area (Å²) < 4.78 is 8.06. The van der Waals surface area contributed by atoms with Gasteiger partial charge in [0, 0.05) is 50.1 Å². The Morgan fingerprint density at radius 2 is 1.80 bits per heavy atom. The van der Waals surface area contributed by atoms with Gasteiger partial charge in [0.2, 0.25) is 0 Å². The molecule has 0 aliphatic carbocycles. The van der Waals surface area contributed by atoms with E-state index in [-0.39, 0.29) is 0 Å². The van der Waals surface area contributed by atoms with Crippen molar-refractivity contribution in [2.75, 3.05) is 13.1 Å². The molecule has 1 aliphatic rings. The number of ether oxygens (including phenoxy) is 1. The third kappa shape index (κ3) is 4.13. The maximum Gasteiger partial charge on any atom is 0.0991 e. The molecule has 2 aromatic heterocycles. The van der Waals surface area contributed by atoms with Crippen LogP contribution in [0, 0.1) is 0 Å². The third-order valence-electron chi connectivity index (χ3n) is 4.61. The molecular weight excluding hydrogens is 312 g/mol. The summed E-state index contributed by atoms with van der Waals surface area (Å²) in [6.07, 6.45) is 10.6. The van der Waals surface area contributed by atoms with E-state index in [0.29, 0.717) is 12.7 Å². The molecule has 0 spiro atoms. The fraction of sp³-hybridized carbons (Fsp3) is 0.300. The molecular formula is C20H22N4O. The second-order valence-electron chi connectivity index (χ2n) is 6.45. The van der Waals surface area contributed by atoms with Crippen LogP contribution in [0.25, 0.3) is 5.69 Å². The standard InChI is InChI=1S/C20H22N4O/c1-3-19(24-12-10-22-16-24)4-2-17(1)13-23-11-7-20(14-23)25-15-18-5-8-21-9-6-18/h1-6,8-10,12,16,20H,7,11,13-15H2. The van der Waals surface area contributed by atoms with Gasteiger partial charge in [-0.1, -0.05) is 12.1 Å². The molecule has 0 radical (unpaired) electrons. The smallest absolute Gasteiger partial charge is 0.0991 e. The van der Waals surface area contributed by atoms with E-state index in [1.807, 2.05) is 41.6 Å². The number of imidazole rings is 1. The first-order valence-electron chi connectivity index (χ1n) is 8.67. The molecule has 0 saturated carbocycles. The Balaban J connectivity index is 1.27. The van der Waals surface area contributed by atoms with Crippen LogP contribution in [-0.4, -0.2) is 38.6 Å². The minimum Gasteiger partial charge on any atom is -0.372 e. The van der Waals surface area contributed by atoms with Crippen LogP contribution in [-0.2, 0) is 17.9 Å². The highest BCUT2D eigenvalue weighted by Gasteiger charge is 2.23. The zero-order chi connectivity index (χ0) is 16.9. The monoisotopic (exact) mass is 334 g/mol. The number of hydrogen-bond donors (Lipinski definition) is 0. The van der Waals surface area contributed by atoms with E-state index < -0.39 is 0 Å². The summed E-state index contributed by atoms with van der Waals surface area (Å²) in [5.74, 6) is 0. The molecule has 1 fully saturated rings. The molecule has 1 aromatic carbocycles. The fourth-order valence-corrected chi connectivity index (χ4v) is 3.21. The largest absolute Gasteiger partial charge is 0.372 e. The van der Waals surface area contributed by atoms with Gasteiger partial charge in [0.25, 0.3) is 0 Å². The zero-order valence-electron chi connectivity index (χ0n) is 14.2. The molecule has 1 atom stereocenters. The molecule has 1 aliphatic heterocycles. The van der Waals surface area contributed by atoms with Crippen molar-refractivity contribution in [2.24, 2.45) is 0 Å². The summed E-state index contributed by atoms with van der Waals surface area (Å²) in [5, 5.41) is 0. The van der Waals surface area contributed by atoms with E-state index in [9.17, 15) is 0 Å². The zero-order valence-corrected chi connectivity index (χ0v) is 14.2. The van der Waals surface area contributed by atoms with Crippen molar-refractivity contribution in [1.29, 1.82) is 0 Å². The topological polar surface area (TPSA) is 43.2 Å². The van der Waals surface area contributed by atoms with E-state index >= 15 is 0 Å². The number of nitrogens with zero attached hydrogens (tertiary/aromatic N) is 4. The normalized spacial score (nSPS) is 17.8. The molecule has 0 amide bonds. The summed E-state index contributed by atoms with van der Waals surface area (Å²) >= 11 is 0. The van der Waals surface area contributed by atoms with Gasteiger partial charge in [0.05, 0.1) is 19.0 Å². The van der Waals surface area contributed by atoms with Gasteiger partial charge in [-0.3, -0.25) is 9.88 Å². The van der Waals surface area contributed by atoms with Crippen molar-refractivity contribution < 1.29 is 4.74 Å². The van der Waals surface area contributed by atoms with Crippen molar-refractivity contribution in [1.82, 2.24) is 19.4 Å². The Morgan fingerprint density at radius 3 is 2.56 bits per heavy atom. The highest BCUT2D eigenvalue weighted by Crippen LogP contribution is 2.18. The molecule has 5 heteroatoms. The molecule has 5 nitrogen and oxygen atoms in total. The third-order valence-corrected chi connectivity index (χ3v) is 4.61. The number of pyridine rings is 1. The molecule has 1 unspecified atom stereocenters. The minimum absolute atomic E-state index is 0.318. The molecule has 25 heavy (non-hydrogen) atoms. The number of likely N-dealkylation sites (tertiary alicyclic amines) is 1. The van der Waals surface area contributed by atoms with E-state index in [1.54, 1.807) is 6.20 Å². The average Bonchev–Trinajstić information content (AvgIpc) is 3.34. The van der Waals surface area contributed by atoms with E-state index in [4.69, 9.17) is 4.74 Å². The first-order chi connectivity index (χ1) is 12.4. The Morgan fingerprint density at radius 1 is 0.960 bits per heavy atom. The predicted molar refractivity (Wildman–Crippen MR) is 96.3 cm³/mol. The van der Waals surface area contributed by atoms with Crippen molar-refractivity contribution in [3.63, 3.8) is 0 Å². The van der Waals surface area contributed by atoms with Crippen LogP contribution in [0.4, 0.5) is 0 Å². The summed E-state index contributed by atoms with van der Waals surface area (Å²) in [6, 6.07) is 12.7. The SMILES string of the molecule is c1cc(COC2CCN(Cc3ccc(-n4ccnc4)cc3)C2)ccn1. The Kier molecular flexibility index (Phi) is 4.86. The van der Waals surface area contributed by atoms with Gasteiger partial charge in [-0.25, -0.2) is 4.98 Å². The highest BCUT2D eigenvalue weighted by atomic mass is 16.5. The molecule has 3 aromatic rings. The van der Waals surface area contributed by atoms with Crippen LogP contribution in [0.2, 0.25) is 0 Å². The van der Waals surface area contributed by atoms with E-state index in [2.05, 4.69) is 39.1 Å². The summed E-state index contributed by atoms with van der Waals surface area (Å²) in [5.41, 5.74) is 3.66. The van der Waals surface area contributed by atoms with Crippen molar-refractivity contribution in [2.45, 2.75) is 25.7 Å². The van der Waals surface area contributed by atoms with Crippen molar-refractivity contribution in [3.05, 3.63) is 78.6 Å². The number of rotatable bonds is 6. The maximum atomic E-state index is 6.05. The second-order valence-corrected chi connectivity index (χ2v) is 6.45. The van der Waals surface area contributed by atoms with E-state index in [1.165, 1.54) is 11.1 Å². The molecule has 4 rings (SSSR count). The number of benzene rings is 1. The molecule has 3 heterocycles. The lowest BCUT2D eigenvalue weighted by Gasteiger charge is -2.17. The van der Waals surface area contributed by atoms with Gasteiger partial charge in [-0.2, -0.15) is 0 Å². The minimum atomic E-state index is 0.318. The lowest BCUT2D eigenvalue weighted by molar-refractivity contribution is 0.0461. The Labute approximate surface area is 147 Å². The van der Waals surface area contributed by atoms with Crippen LogP contribution in [0.5, 0.6) is 0 Å². The summed E-state index contributed by atoms with van der Waals surface area (Å²) in [4.78, 5) is 10.6. The van der Waals surface area contributed by atoms with Gasteiger partial charge < -0.3 is 9.30 Å². The summed E-state index contributed by atoms with van der Waals surface area (Å²) in [7, 11) is 0. The van der Waals surface area contributed by atoms with Gasteiger partial charge in [0.15, 0.2) is 0 Å². The second kappa shape index (κ2) is 7.59. The predicted octanol–water partition coefficient (Wildman–Crippen LogP) is 3.06. The Hall–Kier alpha value is -2.50. The van der Waals surface area contributed by atoms with Gasteiger partial charge in [-0.05, 0) is 41.8 Å².